The summed E-state index contributed by atoms with van der Waals surface area (Å²) in [7, 11) is 0. The molecule has 0 spiro atoms. The van der Waals surface area contributed by atoms with Gasteiger partial charge in [-0.05, 0) is 39.0 Å². The molecule has 2 aliphatic rings. The third-order valence-electron chi connectivity index (χ3n) is 3.43. The third kappa shape index (κ3) is 2.49. The highest BCUT2D eigenvalue weighted by Crippen LogP contribution is 2.43. The lowest BCUT2D eigenvalue weighted by Crippen LogP contribution is -2.47. The molecule has 1 amide bonds. The van der Waals surface area contributed by atoms with Crippen molar-refractivity contribution in [3.8, 4) is 0 Å². The topological polar surface area (TPSA) is 75.6 Å². The number of carboxylic acids is 1. The molecule has 0 radical (unpaired) electrons. The fourth-order valence-electron chi connectivity index (χ4n) is 2.80. The van der Waals surface area contributed by atoms with Crippen LogP contribution in [0.2, 0.25) is 0 Å². The molecular weight excluding hydrogens is 234 g/mol. The summed E-state index contributed by atoms with van der Waals surface area (Å²) in [5.41, 5.74) is -0.573. The van der Waals surface area contributed by atoms with Gasteiger partial charge in [0.2, 0.25) is 0 Å². The number of fused-ring (bicyclic) bond motifs is 2. The highest BCUT2D eigenvalue weighted by Gasteiger charge is 2.49. The average molecular weight is 253 g/mol. The van der Waals surface area contributed by atoms with E-state index in [1.54, 1.807) is 20.8 Å². The van der Waals surface area contributed by atoms with E-state index in [4.69, 9.17) is 4.74 Å². The van der Waals surface area contributed by atoms with E-state index < -0.39 is 23.6 Å². The van der Waals surface area contributed by atoms with E-state index in [2.05, 4.69) is 5.32 Å². The lowest BCUT2D eigenvalue weighted by atomic mass is 9.89. The first-order valence-electron chi connectivity index (χ1n) is 6.18. The van der Waals surface area contributed by atoms with E-state index in [9.17, 15) is 14.7 Å². The number of nitrogens with one attached hydrogen (secondary N) is 1. The van der Waals surface area contributed by atoms with E-state index in [1.165, 1.54) is 0 Å². The van der Waals surface area contributed by atoms with Gasteiger partial charge in [0.1, 0.15) is 5.60 Å². The van der Waals surface area contributed by atoms with E-state index in [0.29, 0.717) is 0 Å². The van der Waals surface area contributed by atoms with Crippen molar-refractivity contribution in [2.24, 2.45) is 17.8 Å². The Morgan fingerprint density at radius 3 is 2.44 bits per heavy atom. The van der Waals surface area contributed by atoms with Gasteiger partial charge >= 0.3 is 12.1 Å². The summed E-state index contributed by atoms with van der Waals surface area (Å²) in [6.07, 6.45) is 4.19. The van der Waals surface area contributed by atoms with E-state index in [1.807, 2.05) is 12.2 Å². The Labute approximate surface area is 106 Å². The number of allylic oxidation sites excluding steroid dienone is 1. The minimum atomic E-state index is -0.854. The first-order valence-corrected chi connectivity index (χ1v) is 6.18. The predicted octanol–water partition coefficient (Wildman–Crippen LogP) is 1.79. The second-order valence-electron chi connectivity index (χ2n) is 5.98. The summed E-state index contributed by atoms with van der Waals surface area (Å²) in [6, 6.07) is -0.354. The summed E-state index contributed by atoms with van der Waals surface area (Å²) in [6.45, 7) is 5.34. The van der Waals surface area contributed by atoms with Crippen LogP contribution in [0.4, 0.5) is 4.79 Å². The molecule has 0 heterocycles. The zero-order chi connectivity index (χ0) is 13.5. The SMILES string of the molecule is CC(C)(C)OC(=O)N[C@@H]1C2C=CC(C2)[C@H]1C(=O)O. The van der Waals surface area contributed by atoms with Crippen LogP contribution in [0.5, 0.6) is 0 Å². The smallest absolute Gasteiger partial charge is 0.407 e. The molecular formula is C13H19NO4. The Morgan fingerprint density at radius 1 is 1.28 bits per heavy atom. The van der Waals surface area contributed by atoms with Crippen molar-refractivity contribution < 1.29 is 19.4 Å². The van der Waals surface area contributed by atoms with Gasteiger partial charge in [-0.25, -0.2) is 4.79 Å². The van der Waals surface area contributed by atoms with Crippen molar-refractivity contribution >= 4 is 12.1 Å². The number of alkyl carbamates (subject to hydrolysis) is 1. The maximum atomic E-state index is 11.7. The Bertz CT molecular complexity index is 396. The Hall–Kier alpha value is -1.52. The van der Waals surface area contributed by atoms with Gasteiger partial charge < -0.3 is 15.2 Å². The van der Waals surface area contributed by atoms with Gasteiger partial charge in [0.05, 0.1) is 12.0 Å². The molecule has 100 valence electrons. The molecule has 0 aromatic rings. The first-order chi connectivity index (χ1) is 8.28. The van der Waals surface area contributed by atoms with Crippen LogP contribution in [0.25, 0.3) is 0 Å². The van der Waals surface area contributed by atoms with Gasteiger partial charge in [0.15, 0.2) is 0 Å². The van der Waals surface area contributed by atoms with Crippen LogP contribution in [-0.2, 0) is 9.53 Å². The number of carboxylic acid groups (broad SMARTS) is 1. The van der Waals surface area contributed by atoms with Crippen LogP contribution >= 0.6 is 0 Å². The number of hydrogen-bond donors (Lipinski definition) is 2. The molecule has 0 aromatic carbocycles. The Kier molecular flexibility index (Phi) is 3.09. The minimum Gasteiger partial charge on any atom is -0.481 e. The average Bonchev–Trinajstić information content (AvgIpc) is 2.73. The van der Waals surface area contributed by atoms with Gasteiger partial charge in [-0.1, -0.05) is 12.2 Å². The Balaban J connectivity index is 2.02. The zero-order valence-electron chi connectivity index (χ0n) is 10.8. The van der Waals surface area contributed by atoms with Crippen LogP contribution in [0.15, 0.2) is 12.2 Å². The monoisotopic (exact) mass is 253 g/mol. The van der Waals surface area contributed by atoms with Crippen molar-refractivity contribution in [1.29, 1.82) is 0 Å². The molecule has 0 aliphatic heterocycles. The standard InChI is InChI=1S/C13H19NO4/c1-13(2,3)18-12(17)14-10-8-5-4-7(6-8)9(10)11(15)16/h4-5,7-10H,6H2,1-3H3,(H,14,17)(H,15,16)/t7?,8?,9-,10-/m1/s1. The van der Waals surface area contributed by atoms with Gasteiger partial charge in [-0.2, -0.15) is 0 Å². The van der Waals surface area contributed by atoms with Crippen molar-refractivity contribution in [3.05, 3.63) is 12.2 Å². The number of carbonyl (C=O) groups is 2. The largest absolute Gasteiger partial charge is 0.481 e. The first kappa shape index (κ1) is 12.9. The number of ether oxygens (including phenoxy) is 1. The minimum absolute atomic E-state index is 0.0347. The van der Waals surface area contributed by atoms with Crippen molar-refractivity contribution in [2.75, 3.05) is 0 Å². The summed E-state index contributed by atoms with van der Waals surface area (Å²) in [5.74, 6) is -1.24. The van der Waals surface area contributed by atoms with Crippen LogP contribution in [0, 0.1) is 17.8 Å². The lowest BCUT2D eigenvalue weighted by molar-refractivity contribution is -0.143. The van der Waals surface area contributed by atoms with E-state index in [-0.39, 0.29) is 17.9 Å². The molecule has 2 aliphatic carbocycles. The zero-order valence-corrected chi connectivity index (χ0v) is 10.8. The Morgan fingerprint density at radius 2 is 1.89 bits per heavy atom. The normalized spacial score (nSPS) is 33.5. The van der Waals surface area contributed by atoms with Gasteiger partial charge in [-0.3, -0.25) is 4.79 Å². The molecule has 5 heteroatoms. The van der Waals surface area contributed by atoms with Gasteiger partial charge in [0.25, 0.3) is 0 Å². The van der Waals surface area contributed by atoms with Crippen molar-refractivity contribution in [1.82, 2.24) is 5.32 Å². The van der Waals surface area contributed by atoms with Crippen LogP contribution in [-0.4, -0.2) is 28.8 Å². The third-order valence-corrected chi connectivity index (χ3v) is 3.43. The highest BCUT2D eigenvalue weighted by atomic mass is 16.6. The number of carbonyl (C=O) groups excluding carboxylic acids is 1. The molecule has 1 fully saturated rings. The molecule has 2 bridgehead atoms. The molecule has 4 atom stereocenters. The quantitative estimate of drug-likeness (QED) is 0.736. The maximum absolute atomic E-state index is 11.7. The van der Waals surface area contributed by atoms with Gasteiger partial charge in [-0.15, -0.1) is 0 Å². The second kappa shape index (κ2) is 4.30. The number of aliphatic carboxylic acids is 1. The fraction of sp³-hybridized carbons (Fsp3) is 0.692. The lowest BCUT2D eigenvalue weighted by Gasteiger charge is -2.27. The molecule has 0 saturated heterocycles. The second-order valence-corrected chi connectivity index (χ2v) is 5.98. The summed E-state index contributed by atoms with van der Waals surface area (Å²) >= 11 is 0. The number of rotatable bonds is 2. The molecule has 5 nitrogen and oxygen atoms in total. The van der Waals surface area contributed by atoms with E-state index >= 15 is 0 Å². The van der Waals surface area contributed by atoms with Crippen molar-refractivity contribution in [2.45, 2.75) is 38.8 Å². The molecule has 2 rings (SSSR count). The van der Waals surface area contributed by atoms with Crippen LogP contribution in [0.1, 0.15) is 27.2 Å². The van der Waals surface area contributed by atoms with Gasteiger partial charge in [0, 0.05) is 0 Å². The highest BCUT2D eigenvalue weighted by molar-refractivity contribution is 5.75. The molecule has 2 unspecified atom stereocenters. The molecule has 1 saturated carbocycles. The summed E-state index contributed by atoms with van der Waals surface area (Å²) < 4.78 is 5.17. The predicted molar refractivity (Wildman–Crippen MR) is 65.0 cm³/mol. The summed E-state index contributed by atoms with van der Waals surface area (Å²) in [4.78, 5) is 23.0. The fourth-order valence-corrected chi connectivity index (χ4v) is 2.80. The number of amides is 1. The number of hydrogen-bond acceptors (Lipinski definition) is 3. The van der Waals surface area contributed by atoms with Crippen LogP contribution < -0.4 is 5.32 Å². The van der Waals surface area contributed by atoms with Crippen LogP contribution in [0.3, 0.4) is 0 Å². The molecule has 18 heavy (non-hydrogen) atoms. The summed E-state index contributed by atoms with van der Waals surface area (Å²) in [5, 5.41) is 11.9. The molecule has 0 aromatic heterocycles. The maximum Gasteiger partial charge on any atom is 0.407 e. The van der Waals surface area contributed by atoms with E-state index in [0.717, 1.165) is 6.42 Å². The van der Waals surface area contributed by atoms with Crippen molar-refractivity contribution in [3.63, 3.8) is 0 Å². The molecule has 2 N–H and O–H groups in total.